The molecule has 128 valence electrons. The topological polar surface area (TPSA) is 78.4 Å². The van der Waals surface area contributed by atoms with Gasteiger partial charge >= 0.3 is 18.0 Å². The van der Waals surface area contributed by atoms with E-state index in [0.717, 1.165) is 12.1 Å². The van der Waals surface area contributed by atoms with Gasteiger partial charge in [-0.15, -0.1) is 0 Å². The predicted octanol–water partition coefficient (Wildman–Crippen LogP) is 2.17. The van der Waals surface area contributed by atoms with E-state index in [0.29, 0.717) is 6.42 Å². The number of halogens is 3. The highest BCUT2D eigenvalue weighted by molar-refractivity contribution is 6.39. The summed E-state index contributed by atoms with van der Waals surface area (Å²) in [6.07, 6.45) is -4.23. The zero-order valence-electron chi connectivity index (χ0n) is 12.8. The fourth-order valence-corrected chi connectivity index (χ4v) is 1.81. The maximum Gasteiger partial charge on any atom is 0.418 e. The summed E-state index contributed by atoms with van der Waals surface area (Å²) in [7, 11) is 0. The number of para-hydroxylation sites is 1. The van der Waals surface area contributed by atoms with E-state index in [-0.39, 0.29) is 13.2 Å². The fraction of sp³-hybridized carbons (Fsp3) is 0.467. The second-order valence-electron chi connectivity index (χ2n) is 5.82. The van der Waals surface area contributed by atoms with Gasteiger partial charge in [0.05, 0.1) is 11.3 Å². The SMILES string of the molecule is CC(C)(CCO)CNC(=O)C(=O)Nc1ccccc1C(F)(F)F. The molecule has 1 rings (SSSR count). The smallest absolute Gasteiger partial charge is 0.396 e. The summed E-state index contributed by atoms with van der Waals surface area (Å²) in [6.45, 7) is 3.59. The van der Waals surface area contributed by atoms with Crippen molar-refractivity contribution >= 4 is 17.5 Å². The minimum absolute atomic E-state index is 0.0754. The Labute approximate surface area is 131 Å². The van der Waals surface area contributed by atoms with E-state index in [1.807, 2.05) is 5.32 Å². The zero-order chi connectivity index (χ0) is 17.7. The van der Waals surface area contributed by atoms with Gasteiger partial charge in [-0.3, -0.25) is 9.59 Å². The maximum atomic E-state index is 12.8. The number of carbonyl (C=O) groups is 2. The monoisotopic (exact) mass is 332 g/mol. The second-order valence-corrected chi connectivity index (χ2v) is 5.82. The van der Waals surface area contributed by atoms with Gasteiger partial charge < -0.3 is 15.7 Å². The molecule has 8 heteroatoms. The second kappa shape index (κ2) is 7.45. The number of hydrogen-bond acceptors (Lipinski definition) is 3. The van der Waals surface area contributed by atoms with E-state index >= 15 is 0 Å². The first-order valence-electron chi connectivity index (χ1n) is 6.93. The molecule has 0 aliphatic rings. The van der Waals surface area contributed by atoms with Crippen LogP contribution in [0, 0.1) is 5.41 Å². The van der Waals surface area contributed by atoms with Crippen LogP contribution in [-0.4, -0.2) is 30.1 Å². The molecule has 0 fully saturated rings. The quantitative estimate of drug-likeness (QED) is 0.723. The van der Waals surface area contributed by atoms with Crippen LogP contribution in [0.5, 0.6) is 0 Å². The van der Waals surface area contributed by atoms with E-state index in [2.05, 4.69) is 5.32 Å². The number of anilines is 1. The van der Waals surface area contributed by atoms with Crippen molar-refractivity contribution in [2.45, 2.75) is 26.4 Å². The van der Waals surface area contributed by atoms with Gasteiger partial charge in [0, 0.05) is 13.2 Å². The van der Waals surface area contributed by atoms with Crippen molar-refractivity contribution < 1.29 is 27.9 Å². The van der Waals surface area contributed by atoms with Crippen LogP contribution in [0.15, 0.2) is 24.3 Å². The molecule has 0 aliphatic heterocycles. The molecule has 2 amide bonds. The first-order chi connectivity index (χ1) is 10.6. The Kier molecular flexibility index (Phi) is 6.14. The molecule has 23 heavy (non-hydrogen) atoms. The highest BCUT2D eigenvalue weighted by Crippen LogP contribution is 2.34. The summed E-state index contributed by atoms with van der Waals surface area (Å²) < 4.78 is 38.4. The molecule has 5 nitrogen and oxygen atoms in total. The number of hydrogen-bond donors (Lipinski definition) is 3. The Morgan fingerprint density at radius 1 is 1.13 bits per heavy atom. The van der Waals surface area contributed by atoms with Gasteiger partial charge in [0.1, 0.15) is 0 Å². The Bertz CT molecular complexity index is 571. The largest absolute Gasteiger partial charge is 0.418 e. The number of alkyl halides is 3. The molecule has 0 heterocycles. The number of amides is 2. The van der Waals surface area contributed by atoms with E-state index in [4.69, 9.17) is 5.11 Å². The van der Waals surface area contributed by atoms with Crippen LogP contribution in [0.3, 0.4) is 0 Å². The molecule has 0 atom stereocenters. The average Bonchev–Trinajstić information content (AvgIpc) is 2.44. The highest BCUT2D eigenvalue weighted by atomic mass is 19.4. The summed E-state index contributed by atoms with van der Waals surface area (Å²) >= 11 is 0. The highest BCUT2D eigenvalue weighted by Gasteiger charge is 2.34. The lowest BCUT2D eigenvalue weighted by molar-refractivity contribution is -0.138. The summed E-state index contributed by atoms with van der Waals surface area (Å²) in [4.78, 5) is 23.4. The Morgan fingerprint density at radius 3 is 2.30 bits per heavy atom. The summed E-state index contributed by atoms with van der Waals surface area (Å²) in [5.41, 5.74) is -1.94. The van der Waals surface area contributed by atoms with Crippen molar-refractivity contribution in [1.29, 1.82) is 0 Å². The first kappa shape index (κ1) is 19.0. The third-order valence-corrected chi connectivity index (χ3v) is 3.20. The van der Waals surface area contributed by atoms with Crippen LogP contribution in [-0.2, 0) is 15.8 Å². The predicted molar refractivity (Wildman–Crippen MR) is 78.6 cm³/mol. The molecular weight excluding hydrogens is 313 g/mol. The van der Waals surface area contributed by atoms with Crippen LogP contribution < -0.4 is 10.6 Å². The van der Waals surface area contributed by atoms with Gasteiger partial charge in [-0.25, -0.2) is 0 Å². The van der Waals surface area contributed by atoms with Gasteiger partial charge in [0.2, 0.25) is 0 Å². The van der Waals surface area contributed by atoms with Crippen molar-refractivity contribution in [3.05, 3.63) is 29.8 Å². The molecule has 0 spiro atoms. The molecule has 0 saturated carbocycles. The maximum absolute atomic E-state index is 12.8. The molecule has 1 aromatic carbocycles. The summed E-state index contributed by atoms with van der Waals surface area (Å²) in [5, 5.41) is 13.2. The van der Waals surface area contributed by atoms with Gasteiger partial charge in [0.25, 0.3) is 0 Å². The molecule has 3 N–H and O–H groups in total. The number of rotatable bonds is 5. The van der Waals surface area contributed by atoms with E-state index in [1.54, 1.807) is 13.8 Å². The van der Waals surface area contributed by atoms with Crippen LogP contribution >= 0.6 is 0 Å². The third-order valence-electron chi connectivity index (χ3n) is 3.20. The van der Waals surface area contributed by atoms with E-state index in [1.165, 1.54) is 12.1 Å². The molecule has 1 aromatic rings. The number of benzene rings is 1. The molecular formula is C15H19F3N2O3. The lowest BCUT2D eigenvalue weighted by Gasteiger charge is -2.23. The fourth-order valence-electron chi connectivity index (χ4n) is 1.81. The van der Waals surface area contributed by atoms with Crippen LogP contribution in [0.1, 0.15) is 25.8 Å². The van der Waals surface area contributed by atoms with Gasteiger partial charge in [0.15, 0.2) is 0 Å². The Morgan fingerprint density at radius 2 is 1.74 bits per heavy atom. The van der Waals surface area contributed by atoms with Crippen molar-refractivity contribution in [2.24, 2.45) is 5.41 Å². The van der Waals surface area contributed by atoms with Crippen molar-refractivity contribution in [3.63, 3.8) is 0 Å². The molecule has 0 aromatic heterocycles. The number of aliphatic hydroxyl groups excluding tert-OH is 1. The van der Waals surface area contributed by atoms with E-state index in [9.17, 15) is 22.8 Å². The Balaban J connectivity index is 2.72. The minimum Gasteiger partial charge on any atom is -0.396 e. The van der Waals surface area contributed by atoms with Gasteiger partial charge in [-0.1, -0.05) is 26.0 Å². The minimum atomic E-state index is -4.64. The summed E-state index contributed by atoms with van der Waals surface area (Å²) in [5.74, 6) is -2.21. The molecule has 0 radical (unpaired) electrons. The van der Waals surface area contributed by atoms with Crippen molar-refractivity contribution in [1.82, 2.24) is 5.32 Å². The normalized spacial score (nSPS) is 11.9. The lowest BCUT2D eigenvalue weighted by Crippen LogP contribution is -2.41. The van der Waals surface area contributed by atoms with Crippen LogP contribution in [0.2, 0.25) is 0 Å². The molecule has 0 unspecified atom stereocenters. The van der Waals surface area contributed by atoms with Gasteiger partial charge in [-0.2, -0.15) is 13.2 Å². The average molecular weight is 332 g/mol. The number of aliphatic hydroxyl groups is 1. The number of carbonyl (C=O) groups excluding carboxylic acids is 2. The lowest BCUT2D eigenvalue weighted by atomic mass is 9.90. The first-order valence-corrected chi connectivity index (χ1v) is 6.93. The molecule has 0 bridgehead atoms. The van der Waals surface area contributed by atoms with Crippen molar-refractivity contribution in [3.8, 4) is 0 Å². The van der Waals surface area contributed by atoms with Crippen LogP contribution in [0.25, 0.3) is 0 Å². The zero-order valence-corrected chi connectivity index (χ0v) is 12.8. The van der Waals surface area contributed by atoms with Crippen molar-refractivity contribution in [2.75, 3.05) is 18.5 Å². The standard InChI is InChI=1S/C15H19F3N2O3/c1-14(2,7-8-21)9-19-12(22)13(23)20-11-6-4-3-5-10(11)15(16,17)18/h3-6,21H,7-9H2,1-2H3,(H,19,22)(H,20,23). The Hall–Kier alpha value is -2.09. The molecule has 0 aliphatic carbocycles. The van der Waals surface area contributed by atoms with Gasteiger partial charge in [-0.05, 0) is 24.0 Å². The third kappa shape index (κ3) is 5.90. The van der Waals surface area contributed by atoms with E-state index < -0.39 is 34.7 Å². The summed E-state index contributed by atoms with van der Waals surface area (Å²) in [6, 6.07) is 4.41. The number of nitrogens with one attached hydrogen (secondary N) is 2. The molecule has 0 saturated heterocycles. The van der Waals surface area contributed by atoms with Crippen LogP contribution in [0.4, 0.5) is 18.9 Å².